The number of rotatable bonds is 6. The Morgan fingerprint density at radius 2 is 2.00 bits per heavy atom. The van der Waals surface area contributed by atoms with E-state index in [0.29, 0.717) is 35.9 Å². The van der Waals surface area contributed by atoms with Crippen molar-refractivity contribution in [2.45, 2.75) is 19.9 Å². The number of hydrogen-bond acceptors (Lipinski definition) is 4. The zero-order chi connectivity index (χ0) is 16.1. The molecular formula is C15H15ClN2O4. The van der Waals surface area contributed by atoms with Crippen LogP contribution in [0, 0.1) is 17.0 Å². The topological polar surface area (TPSA) is 74.4 Å². The Balaban J connectivity index is 1.95. The fourth-order valence-electron chi connectivity index (χ4n) is 1.99. The molecule has 0 radical (unpaired) electrons. The van der Waals surface area contributed by atoms with E-state index in [1.165, 1.54) is 16.8 Å². The molecule has 0 amide bonds. The van der Waals surface area contributed by atoms with Gasteiger partial charge in [0, 0.05) is 23.2 Å². The second-order valence-electron chi connectivity index (χ2n) is 4.79. The van der Waals surface area contributed by atoms with Crippen LogP contribution in [-0.4, -0.2) is 16.1 Å². The van der Waals surface area contributed by atoms with E-state index in [4.69, 9.17) is 16.3 Å². The second kappa shape index (κ2) is 7.09. The van der Waals surface area contributed by atoms with Crippen LogP contribution in [0.1, 0.15) is 12.0 Å². The third kappa shape index (κ3) is 4.08. The Morgan fingerprint density at radius 3 is 2.64 bits per heavy atom. The van der Waals surface area contributed by atoms with Gasteiger partial charge in [-0.1, -0.05) is 11.6 Å². The maximum Gasteiger partial charge on any atom is 0.286 e. The van der Waals surface area contributed by atoms with Crippen LogP contribution in [-0.2, 0) is 6.54 Å². The molecular weight excluding hydrogens is 308 g/mol. The Kier molecular flexibility index (Phi) is 5.16. The van der Waals surface area contributed by atoms with Gasteiger partial charge in [-0.25, -0.2) is 0 Å². The van der Waals surface area contributed by atoms with Crippen molar-refractivity contribution in [3.05, 3.63) is 67.6 Å². The molecule has 0 atom stereocenters. The van der Waals surface area contributed by atoms with Crippen molar-refractivity contribution in [3.63, 3.8) is 0 Å². The van der Waals surface area contributed by atoms with Crippen LogP contribution in [0.2, 0.25) is 5.02 Å². The molecule has 0 saturated heterocycles. The van der Waals surface area contributed by atoms with Gasteiger partial charge in [-0.3, -0.25) is 14.9 Å². The highest BCUT2D eigenvalue weighted by atomic mass is 35.5. The van der Waals surface area contributed by atoms with Gasteiger partial charge in [-0.2, -0.15) is 0 Å². The van der Waals surface area contributed by atoms with Gasteiger partial charge in [0.15, 0.2) is 0 Å². The van der Waals surface area contributed by atoms with Gasteiger partial charge in [-0.05, 0) is 37.6 Å². The normalized spacial score (nSPS) is 10.5. The molecule has 0 spiro atoms. The van der Waals surface area contributed by atoms with Crippen molar-refractivity contribution >= 4 is 17.3 Å². The van der Waals surface area contributed by atoms with Gasteiger partial charge >= 0.3 is 0 Å². The summed E-state index contributed by atoms with van der Waals surface area (Å²) in [5.41, 5.74) is 0.0423. The minimum Gasteiger partial charge on any atom is -0.494 e. The number of ether oxygens (including phenoxy) is 1. The molecule has 6 nitrogen and oxygen atoms in total. The minimum absolute atomic E-state index is 0.0873. The Hall–Kier alpha value is -2.34. The zero-order valence-corrected chi connectivity index (χ0v) is 12.7. The number of aryl methyl sites for hydroxylation is 2. The molecule has 22 heavy (non-hydrogen) atoms. The van der Waals surface area contributed by atoms with Gasteiger partial charge in [0.25, 0.3) is 11.2 Å². The van der Waals surface area contributed by atoms with Crippen molar-refractivity contribution in [2.75, 3.05) is 6.61 Å². The predicted molar refractivity (Wildman–Crippen MR) is 83.7 cm³/mol. The van der Waals surface area contributed by atoms with Crippen molar-refractivity contribution < 1.29 is 9.66 Å². The summed E-state index contributed by atoms with van der Waals surface area (Å²) in [6, 6.07) is 8.25. The molecule has 1 heterocycles. The Bertz CT molecular complexity index is 725. The third-order valence-corrected chi connectivity index (χ3v) is 3.34. The molecule has 2 aromatic rings. The first kappa shape index (κ1) is 16.0. The summed E-state index contributed by atoms with van der Waals surface area (Å²) in [6.07, 6.45) is 1.82. The molecule has 1 aromatic carbocycles. The van der Waals surface area contributed by atoms with Crippen LogP contribution < -0.4 is 10.3 Å². The summed E-state index contributed by atoms with van der Waals surface area (Å²) in [7, 11) is 0. The van der Waals surface area contributed by atoms with Gasteiger partial charge in [0.1, 0.15) is 5.75 Å². The van der Waals surface area contributed by atoms with E-state index in [-0.39, 0.29) is 11.2 Å². The highest BCUT2D eigenvalue weighted by molar-refractivity contribution is 6.30. The number of nitro groups is 1. The maximum absolute atomic E-state index is 11.9. The van der Waals surface area contributed by atoms with E-state index in [2.05, 4.69) is 0 Å². The maximum atomic E-state index is 11.9. The Morgan fingerprint density at radius 1 is 1.32 bits per heavy atom. The molecule has 0 aliphatic rings. The first-order valence-electron chi connectivity index (χ1n) is 6.71. The monoisotopic (exact) mass is 322 g/mol. The largest absolute Gasteiger partial charge is 0.494 e. The van der Waals surface area contributed by atoms with Gasteiger partial charge in [0.2, 0.25) is 0 Å². The molecule has 0 saturated carbocycles. The Labute approximate surface area is 132 Å². The standard InChI is InChI=1S/C15H15ClN2O4/c1-11-9-13(18(20)21)10-17(15(11)19)7-2-8-22-14-5-3-12(16)4-6-14/h3-6,9-10H,2,7-8H2,1H3. The van der Waals surface area contributed by atoms with E-state index in [1.807, 2.05) is 0 Å². The summed E-state index contributed by atoms with van der Waals surface area (Å²) in [5, 5.41) is 11.4. The summed E-state index contributed by atoms with van der Waals surface area (Å²) >= 11 is 5.78. The molecule has 2 rings (SSSR count). The highest BCUT2D eigenvalue weighted by Gasteiger charge is 2.11. The smallest absolute Gasteiger partial charge is 0.286 e. The first-order chi connectivity index (χ1) is 10.5. The molecule has 1 aromatic heterocycles. The lowest BCUT2D eigenvalue weighted by atomic mass is 10.2. The molecule has 0 fully saturated rings. The lowest BCUT2D eigenvalue weighted by molar-refractivity contribution is -0.385. The number of benzene rings is 1. The quantitative estimate of drug-likeness (QED) is 0.465. The molecule has 0 bridgehead atoms. The van der Waals surface area contributed by atoms with Crippen LogP contribution in [0.25, 0.3) is 0 Å². The van der Waals surface area contributed by atoms with Crippen molar-refractivity contribution in [1.29, 1.82) is 0 Å². The molecule has 0 aliphatic heterocycles. The number of aromatic nitrogens is 1. The summed E-state index contributed by atoms with van der Waals surface area (Å²) in [4.78, 5) is 22.2. The average molecular weight is 323 g/mol. The molecule has 0 unspecified atom stereocenters. The van der Waals surface area contributed by atoms with Crippen LogP contribution in [0.5, 0.6) is 5.75 Å². The number of nitrogens with zero attached hydrogens (tertiary/aromatic N) is 2. The van der Waals surface area contributed by atoms with Crippen molar-refractivity contribution in [2.24, 2.45) is 0 Å². The van der Waals surface area contributed by atoms with E-state index < -0.39 is 4.92 Å². The van der Waals surface area contributed by atoms with Crippen LogP contribution in [0.15, 0.2) is 41.3 Å². The fraction of sp³-hybridized carbons (Fsp3) is 0.267. The van der Waals surface area contributed by atoms with Gasteiger partial charge in [0.05, 0.1) is 17.7 Å². The predicted octanol–water partition coefficient (Wildman–Crippen LogP) is 3.19. The van der Waals surface area contributed by atoms with E-state index in [1.54, 1.807) is 31.2 Å². The molecule has 116 valence electrons. The summed E-state index contributed by atoms with van der Waals surface area (Å²) in [5.74, 6) is 0.687. The van der Waals surface area contributed by atoms with E-state index in [0.717, 1.165) is 0 Å². The summed E-state index contributed by atoms with van der Waals surface area (Å²) in [6.45, 7) is 2.32. The molecule has 7 heteroatoms. The second-order valence-corrected chi connectivity index (χ2v) is 5.23. The lowest BCUT2D eigenvalue weighted by Crippen LogP contribution is -2.23. The average Bonchev–Trinajstić information content (AvgIpc) is 2.49. The SMILES string of the molecule is Cc1cc([N+](=O)[O-])cn(CCCOc2ccc(Cl)cc2)c1=O. The van der Waals surface area contributed by atoms with Gasteiger partial charge < -0.3 is 9.30 Å². The van der Waals surface area contributed by atoms with Crippen LogP contribution in [0.3, 0.4) is 0 Å². The fourth-order valence-corrected chi connectivity index (χ4v) is 2.11. The molecule has 0 aliphatic carbocycles. The third-order valence-electron chi connectivity index (χ3n) is 3.09. The lowest BCUT2D eigenvalue weighted by Gasteiger charge is -2.08. The first-order valence-corrected chi connectivity index (χ1v) is 7.09. The van der Waals surface area contributed by atoms with Crippen molar-refractivity contribution in [3.8, 4) is 5.75 Å². The van der Waals surface area contributed by atoms with E-state index >= 15 is 0 Å². The summed E-state index contributed by atoms with van der Waals surface area (Å²) < 4.78 is 6.87. The minimum atomic E-state index is -0.507. The van der Waals surface area contributed by atoms with E-state index in [9.17, 15) is 14.9 Å². The van der Waals surface area contributed by atoms with Crippen LogP contribution in [0.4, 0.5) is 5.69 Å². The number of hydrogen-bond donors (Lipinski definition) is 0. The van der Waals surface area contributed by atoms with Crippen LogP contribution >= 0.6 is 11.6 Å². The highest BCUT2D eigenvalue weighted by Crippen LogP contribution is 2.15. The number of pyridine rings is 1. The zero-order valence-electron chi connectivity index (χ0n) is 12.0. The van der Waals surface area contributed by atoms with Crippen molar-refractivity contribution in [1.82, 2.24) is 4.57 Å². The molecule has 0 N–H and O–H groups in total. The van der Waals surface area contributed by atoms with Gasteiger partial charge in [-0.15, -0.1) is 0 Å². The number of halogens is 1.